The molecule has 0 saturated carbocycles. The Morgan fingerprint density at radius 2 is 2.60 bits per heavy atom. The van der Waals surface area contributed by atoms with E-state index in [4.69, 9.17) is 4.74 Å². The number of piperidine rings is 1. The van der Waals surface area contributed by atoms with E-state index in [0.717, 1.165) is 19.4 Å². The number of carbonyl (C=O) groups excluding carboxylic acids is 1. The zero-order valence-corrected chi connectivity index (χ0v) is 6.22. The largest absolute Gasteiger partial charge is 0.384 e. The maximum atomic E-state index is 11.0. The van der Waals surface area contributed by atoms with Crippen molar-refractivity contribution in [3.05, 3.63) is 0 Å². The molecule has 0 aliphatic carbocycles. The van der Waals surface area contributed by atoms with Crippen molar-refractivity contribution in [3.8, 4) is 0 Å². The van der Waals surface area contributed by atoms with Crippen LogP contribution in [-0.4, -0.2) is 26.2 Å². The summed E-state index contributed by atoms with van der Waals surface area (Å²) in [6.45, 7) is 1.39. The molecule has 0 unspecified atom stereocenters. The summed E-state index contributed by atoms with van der Waals surface area (Å²) in [7, 11) is 1.63. The lowest BCUT2D eigenvalue weighted by atomic mass is 10.00. The summed E-state index contributed by atoms with van der Waals surface area (Å²) in [6, 6.07) is 0. The van der Waals surface area contributed by atoms with Gasteiger partial charge >= 0.3 is 0 Å². The Balaban J connectivity index is 2.32. The second-order valence-corrected chi connectivity index (χ2v) is 2.59. The van der Waals surface area contributed by atoms with Gasteiger partial charge in [0.05, 0.1) is 12.5 Å². The van der Waals surface area contributed by atoms with Gasteiger partial charge in [-0.3, -0.25) is 4.79 Å². The highest BCUT2D eigenvalue weighted by Crippen LogP contribution is 2.10. The number of rotatable bonds is 2. The number of hydrogen-bond acceptors (Lipinski definition) is 2. The maximum Gasteiger partial charge on any atom is 0.225 e. The molecule has 0 aromatic heterocycles. The monoisotopic (exact) mass is 143 g/mol. The van der Waals surface area contributed by atoms with E-state index in [1.54, 1.807) is 7.11 Å². The highest BCUT2D eigenvalue weighted by atomic mass is 16.5. The first-order chi connectivity index (χ1) is 4.84. The molecule has 0 aromatic rings. The van der Waals surface area contributed by atoms with Gasteiger partial charge in [-0.15, -0.1) is 0 Å². The van der Waals surface area contributed by atoms with Crippen LogP contribution in [0.25, 0.3) is 0 Å². The summed E-state index contributed by atoms with van der Waals surface area (Å²) in [5, 5.41) is 2.80. The van der Waals surface area contributed by atoms with Crippen LogP contribution in [-0.2, 0) is 9.53 Å². The molecule has 1 rings (SSSR count). The van der Waals surface area contributed by atoms with E-state index in [2.05, 4.69) is 5.32 Å². The molecule has 1 fully saturated rings. The quantitative estimate of drug-likeness (QED) is 0.598. The zero-order chi connectivity index (χ0) is 7.40. The van der Waals surface area contributed by atoms with Crippen LogP contribution in [0.3, 0.4) is 0 Å². The van der Waals surface area contributed by atoms with E-state index in [9.17, 15) is 4.79 Å². The van der Waals surface area contributed by atoms with Crippen molar-refractivity contribution in [2.24, 2.45) is 5.92 Å². The molecule has 0 radical (unpaired) electrons. The average molecular weight is 143 g/mol. The lowest BCUT2D eigenvalue weighted by Crippen LogP contribution is -2.38. The molecule has 10 heavy (non-hydrogen) atoms. The molecule has 3 nitrogen and oxygen atoms in total. The van der Waals surface area contributed by atoms with Gasteiger partial charge in [-0.1, -0.05) is 0 Å². The molecule has 0 aromatic carbocycles. The average Bonchev–Trinajstić information content (AvgIpc) is 1.94. The maximum absolute atomic E-state index is 11.0. The summed E-state index contributed by atoms with van der Waals surface area (Å²) in [5.41, 5.74) is 0. The molecule has 1 atom stereocenters. The van der Waals surface area contributed by atoms with Gasteiger partial charge in [0.15, 0.2) is 0 Å². The molecule has 1 amide bonds. The molecule has 1 aliphatic heterocycles. The number of methoxy groups -OCH3 is 1. The van der Waals surface area contributed by atoms with Crippen molar-refractivity contribution in [1.82, 2.24) is 5.32 Å². The Morgan fingerprint density at radius 3 is 3.20 bits per heavy atom. The van der Waals surface area contributed by atoms with Gasteiger partial charge in [0.25, 0.3) is 0 Å². The third-order valence-electron chi connectivity index (χ3n) is 1.77. The fraction of sp³-hybridized carbons (Fsp3) is 0.857. The molecule has 0 spiro atoms. The molecular formula is C7H13NO2. The molecule has 1 aliphatic rings. The van der Waals surface area contributed by atoms with Gasteiger partial charge in [0.2, 0.25) is 5.91 Å². The molecule has 1 N–H and O–H groups in total. The van der Waals surface area contributed by atoms with Crippen LogP contribution in [0.4, 0.5) is 0 Å². The summed E-state index contributed by atoms with van der Waals surface area (Å²) in [6.07, 6.45) is 2.05. The number of ether oxygens (including phenoxy) is 1. The van der Waals surface area contributed by atoms with Crippen molar-refractivity contribution in [3.63, 3.8) is 0 Å². The Kier molecular flexibility index (Phi) is 2.68. The van der Waals surface area contributed by atoms with E-state index in [1.165, 1.54) is 0 Å². The number of amides is 1. The van der Waals surface area contributed by atoms with Crippen LogP contribution in [0.1, 0.15) is 12.8 Å². The number of carbonyl (C=O) groups is 1. The molecule has 0 bridgehead atoms. The third kappa shape index (κ3) is 1.70. The lowest BCUT2D eigenvalue weighted by molar-refractivity contribution is -0.128. The number of hydrogen-bond donors (Lipinski definition) is 1. The van der Waals surface area contributed by atoms with E-state index >= 15 is 0 Å². The van der Waals surface area contributed by atoms with Crippen molar-refractivity contribution < 1.29 is 9.53 Å². The second kappa shape index (κ2) is 3.56. The summed E-state index contributed by atoms with van der Waals surface area (Å²) in [4.78, 5) is 11.0. The standard InChI is InChI=1S/C7H13NO2/c1-10-5-6-3-2-4-8-7(6)9/h6H,2-5H2,1H3,(H,8,9)/t6-/m0/s1. The van der Waals surface area contributed by atoms with Gasteiger partial charge in [-0.05, 0) is 12.8 Å². The van der Waals surface area contributed by atoms with Crippen LogP contribution < -0.4 is 5.32 Å². The van der Waals surface area contributed by atoms with Crippen LogP contribution in [0.15, 0.2) is 0 Å². The third-order valence-corrected chi connectivity index (χ3v) is 1.77. The topological polar surface area (TPSA) is 38.3 Å². The SMILES string of the molecule is COC[C@@H]1CCCNC1=O. The van der Waals surface area contributed by atoms with Crippen LogP contribution >= 0.6 is 0 Å². The first-order valence-corrected chi connectivity index (χ1v) is 3.61. The second-order valence-electron chi connectivity index (χ2n) is 2.59. The predicted octanol–water partition coefficient (Wildman–Crippen LogP) is 0.159. The highest BCUT2D eigenvalue weighted by Gasteiger charge is 2.20. The van der Waals surface area contributed by atoms with E-state index in [0.29, 0.717) is 6.61 Å². The van der Waals surface area contributed by atoms with Crippen molar-refractivity contribution >= 4 is 5.91 Å². The van der Waals surface area contributed by atoms with Crippen LogP contribution in [0.2, 0.25) is 0 Å². The molecule has 58 valence electrons. The Hall–Kier alpha value is -0.570. The van der Waals surface area contributed by atoms with E-state index in [1.807, 2.05) is 0 Å². The van der Waals surface area contributed by atoms with E-state index in [-0.39, 0.29) is 11.8 Å². The number of nitrogens with one attached hydrogen (secondary N) is 1. The molecule has 1 saturated heterocycles. The van der Waals surface area contributed by atoms with Crippen LogP contribution in [0.5, 0.6) is 0 Å². The fourth-order valence-electron chi connectivity index (χ4n) is 1.20. The first-order valence-electron chi connectivity index (χ1n) is 3.61. The minimum Gasteiger partial charge on any atom is -0.384 e. The Labute approximate surface area is 60.7 Å². The predicted molar refractivity (Wildman–Crippen MR) is 37.6 cm³/mol. The van der Waals surface area contributed by atoms with Gasteiger partial charge in [0, 0.05) is 13.7 Å². The Morgan fingerprint density at radius 1 is 1.80 bits per heavy atom. The van der Waals surface area contributed by atoms with Gasteiger partial charge < -0.3 is 10.1 Å². The van der Waals surface area contributed by atoms with Gasteiger partial charge in [-0.2, -0.15) is 0 Å². The molecule has 3 heteroatoms. The zero-order valence-electron chi connectivity index (χ0n) is 6.22. The summed E-state index contributed by atoms with van der Waals surface area (Å²) < 4.78 is 4.89. The van der Waals surface area contributed by atoms with Crippen molar-refractivity contribution in [2.45, 2.75) is 12.8 Å². The smallest absolute Gasteiger partial charge is 0.225 e. The summed E-state index contributed by atoms with van der Waals surface area (Å²) in [5.74, 6) is 0.242. The van der Waals surface area contributed by atoms with Crippen molar-refractivity contribution in [2.75, 3.05) is 20.3 Å². The van der Waals surface area contributed by atoms with Gasteiger partial charge in [-0.25, -0.2) is 0 Å². The minimum absolute atomic E-state index is 0.0961. The lowest BCUT2D eigenvalue weighted by Gasteiger charge is -2.20. The normalized spacial score (nSPS) is 26.1. The highest BCUT2D eigenvalue weighted by molar-refractivity contribution is 5.79. The van der Waals surface area contributed by atoms with Gasteiger partial charge in [0.1, 0.15) is 0 Å². The van der Waals surface area contributed by atoms with Crippen LogP contribution in [0, 0.1) is 5.92 Å². The molecular weight excluding hydrogens is 130 g/mol. The summed E-state index contributed by atoms with van der Waals surface area (Å²) >= 11 is 0. The fourth-order valence-corrected chi connectivity index (χ4v) is 1.20. The van der Waals surface area contributed by atoms with Crippen molar-refractivity contribution in [1.29, 1.82) is 0 Å². The Bertz CT molecular complexity index is 123. The molecule has 1 heterocycles. The first kappa shape index (κ1) is 7.54. The minimum atomic E-state index is 0.0961. The van der Waals surface area contributed by atoms with E-state index < -0.39 is 0 Å².